The molecule has 0 saturated carbocycles. The van der Waals surface area contributed by atoms with Crippen molar-refractivity contribution >= 4 is 39.9 Å². The molecule has 0 bridgehead atoms. The summed E-state index contributed by atoms with van der Waals surface area (Å²) in [7, 11) is -1.01. The van der Waals surface area contributed by atoms with Gasteiger partial charge in [-0.1, -0.05) is 25.4 Å². The van der Waals surface area contributed by atoms with Gasteiger partial charge in [-0.15, -0.1) is 0 Å². The van der Waals surface area contributed by atoms with Crippen LogP contribution in [0, 0.1) is 5.92 Å². The molecule has 2 aliphatic heterocycles. The van der Waals surface area contributed by atoms with Crippen molar-refractivity contribution in [1.82, 2.24) is 9.97 Å². The predicted molar refractivity (Wildman–Crippen MR) is 121 cm³/mol. The number of nitrogens with zero attached hydrogens (tertiary/aromatic N) is 4. The summed E-state index contributed by atoms with van der Waals surface area (Å²) in [4.78, 5) is 15.0. The quantitative estimate of drug-likeness (QED) is 0.777. The molecule has 1 fully saturated rings. The van der Waals surface area contributed by atoms with Crippen LogP contribution in [0.4, 0.5) is 17.5 Å². The molecule has 1 aromatic carbocycles. The van der Waals surface area contributed by atoms with E-state index in [1.54, 1.807) is 0 Å². The molecule has 1 saturated heterocycles. The van der Waals surface area contributed by atoms with Crippen molar-refractivity contribution in [2.45, 2.75) is 38.1 Å². The second kappa shape index (κ2) is 8.48. The summed E-state index contributed by atoms with van der Waals surface area (Å²) >= 11 is 6.01. The third-order valence-corrected chi connectivity index (χ3v) is 7.51. The van der Waals surface area contributed by atoms with Crippen LogP contribution in [-0.4, -0.2) is 52.2 Å². The van der Waals surface area contributed by atoms with Crippen molar-refractivity contribution in [3.05, 3.63) is 35.0 Å². The van der Waals surface area contributed by atoms with Gasteiger partial charge in [-0.05, 0) is 37.1 Å². The highest BCUT2D eigenvalue weighted by molar-refractivity contribution is 7.85. The third kappa shape index (κ3) is 4.36. The van der Waals surface area contributed by atoms with E-state index < -0.39 is 10.8 Å². The van der Waals surface area contributed by atoms with E-state index in [4.69, 9.17) is 21.6 Å². The first kappa shape index (κ1) is 20.4. The molecule has 1 N–H and O–H groups in total. The maximum Gasteiger partial charge on any atom is 0.227 e. The molecule has 6 nitrogen and oxygen atoms in total. The van der Waals surface area contributed by atoms with E-state index in [0.29, 0.717) is 11.7 Å². The van der Waals surface area contributed by atoms with Crippen LogP contribution in [0.25, 0.3) is 0 Å². The zero-order chi connectivity index (χ0) is 20.5. The lowest BCUT2D eigenvalue weighted by Gasteiger charge is -2.36. The van der Waals surface area contributed by atoms with E-state index >= 15 is 0 Å². The summed E-state index contributed by atoms with van der Waals surface area (Å²) in [6, 6.07) is 8.24. The molecule has 2 aliphatic rings. The van der Waals surface area contributed by atoms with Gasteiger partial charge in [0.05, 0.1) is 16.5 Å². The summed E-state index contributed by atoms with van der Waals surface area (Å²) in [5.41, 5.74) is 2.12. The molecule has 4 rings (SSSR count). The van der Waals surface area contributed by atoms with Gasteiger partial charge in [0.15, 0.2) is 0 Å². The van der Waals surface area contributed by atoms with Crippen LogP contribution in [0.5, 0.6) is 0 Å². The zero-order valence-electron chi connectivity index (χ0n) is 17.2. The molecule has 0 unspecified atom stereocenters. The lowest BCUT2D eigenvalue weighted by molar-refractivity contribution is 0.556. The SMILES string of the molecule is CC(C)[C@@H](C)Nc1nc(N2CCN(c3ccc(Cl)cc3)CC2)nc2c1[S@](=O)CC2. The smallest absolute Gasteiger partial charge is 0.227 e. The number of rotatable bonds is 5. The number of aromatic nitrogens is 2. The standard InChI is InChI=1S/C21H28ClN5OS/c1-14(2)15(3)23-20-19-18(8-13-29(19)28)24-21(25-20)27-11-9-26(10-12-27)17-6-4-16(22)5-7-17/h4-7,14-15H,8-13H2,1-3H3,(H,23,24,25)/t15-,29-/m1/s1. The van der Waals surface area contributed by atoms with Gasteiger partial charge in [0.2, 0.25) is 5.95 Å². The van der Waals surface area contributed by atoms with Gasteiger partial charge in [-0.3, -0.25) is 4.21 Å². The number of hydrogen-bond acceptors (Lipinski definition) is 6. The van der Waals surface area contributed by atoms with Crippen LogP contribution < -0.4 is 15.1 Å². The van der Waals surface area contributed by atoms with Crippen LogP contribution in [0.3, 0.4) is 0 Å². The lowest BCUT2D eigenvalue weighted by atomic mass is 10.1. The Labute approximate surface area is 180 Å². The maximum absolute atomic E-state index is 12.5. The Morgan fingerprint density at radius 1 is 1.03 bits per heavy atom. The molecule has 2 aromatic rings. The van der Waals surface area contributed by atoms with Gasteiger partial charge in [0.25, 0.3) is 0 Å². The van der Waals surface area contributed by atoms with Crippen molar-refractivity contribution in [1.29, 1.82) is 0 Å². The lowest BCUT2D eigenvalue weighted by Crippen LogP contribution is -2.47. The molecule has 1 aromatic heterocycles. The van der Waals surface area contributed by atoms with E-state index in [9.17, 15) is 4.21 Å². The number of fused-ring (bicyclic) bond motifs is 1. The van der Waals surface area contributed by atoms with Crippen LogP contribution in [0.15, 0.2) is 29.2 Å². The van der Waals surface area contributed by atoms with E-state index in [1.807, 2.05) is 12.1 Å². The minimum Gasteiger partial charge on any atom is -0.368 e. The number of hydrogen-bond donors (Lipinski definition) is 1. The number of nitrogens with one attached hydrogen (secondary N) is 1. The van der Waals surface area contributed by atoms with Gasteiger partial charge in [0.1, 0.15) is 10.7 Å². The molecule has 0 radical (unpaired) electrons. The first-order chi connectivity index (χ1) is 13.9. The van der Waals surface area contributed by atoms with Gasteiger partial charge in [-0.2, -0.15) is 4.98 Å². The monoisotopic (exact) mass is 433 g/mol. The van der Waals surface area contributed by atoms with Crippen LogP contribution >= 0.6 is 11.6 Å². The van der Waals surface area contributed by atoms with Gasteiger partial charge < -0.3 is 15.1 Å². The van der Waals surface area contributed by atoms with Crippen molar-refractivity contribution in [2.24, 2.45) is 5.92 Å². The van der Waals surface area contributed by atoms with Crippen LogP contribution in [0.1, 0.15) is 26.5 Å². The van der Waals surface area contributed by atoms with E-state index in [2.05, 4.69) is 48.0 Å². The summed E-state index contributed by atoms with van der Waals surface area (Å²) in [6.45, 7) is 9.99. The Kier molecular flexibility index (Phi) is 5.97. The fourth-order valence-corrected chi connectivity index (χ4v) is 5.06. The van der Waals surface area contributed by atoms with Gasteiger partial charge in [-0.25, -0.2) is 4.98 Å². The minimum absolute atomic E-state index is 0.251. The van der Waals surface area contributed by atoms with Crippen molar-refractivity contribution in [2.75, 3.05) is 47.0 Å². The van der Waals surface area contributed by atoms with Crippen molar-refractivity contribution in [3.63, 3.8) is 0 Å². The number of anilines is 3. The first-order valence-electron chi connectivity index (χ1n) is 10.2. The highest BCUT2D eigenvalue weighted by atomic mass is 35.5. The highest BCUT2D eigenvalue weighted by Gasteiger charge is 2.29. The fourth-order valence-electron chi connectivity index (χ4n) is 3.62. The summed E-state index contributed by atoms with van der Waals surface area (Å²) in [5.74, 6) is 2.60. The number of benzene rings is 1. The molecule has 2 atom stereocenters. The van der Waals surface area contributed by atoms with Crippen LogP contribution in [-0.2, 0) is 17.2 Å². The minimum atomic E-state index is -1.01. The third-order valence-electron chi connectivity index (χ3n) is 5.79. The van der Waals surface area contributed by atoms with Crippen molar-refractivity contribution < 1.29 is 4.21 Å². The Hall–Kier alpha value is -1.86. The van der Waals surface area contributed by atoms with Crippen LogP contribution in [0.2, 0.25) is 5.02 Å². The van der Waals surface area contributed by atoms with E-state index in [-0.39, 0.29) is 6.04 Å². The molecule has 29 heavy (non-hydrogen) atoms. The molecule has 0 amide bonds. The Balaban J connectivity index is 1.53. The van der Waals surface area contributed by atoms with Gasteiger partial charge in [0, 0.05) is 55.1 Å². The summed E-state index contributed by atoms with van der Waals surface area (Å²) in [6.07, 6.45) is 0.757. The second-order valence-electron chi connectivity index (χ2n) is 8.08. The molecular weight excluding hydrogens is 406 g/mol. The normalized spacial score (nSPS) is 20.1. The Bertz CT molecular complexity index is 897. The molecule has 8 heteroatoms. The second-order valence-corrected chi connectivity index (χ2v) is 10.0. The molecule has 0 spiro atoms. The average molecular weight is 434 g/mol. The van der Waals surface area contributed by atoms with Crippen molar-refractivity contribution in [3.8, 4) is 0 Å². The summed E-state index contributed by atoms with van der Waals surface area (Å²) < 4.78 is 12.5. The predicted octanol–water partition coefficient (Wildman–Crippen LogP) is 3.58. The fraction of sp³-hybridized carbons (Fsp3) is 0.524. The number of halogens is 1. The highest BCUT2D eigenvalue weighted by Crippen LogP contribution is 2.31. The molecular formula is C21H28ClN5OS. The Morgan fingerprint density at radius 2 is 1.69 bits per heavy atom. The van der Waals surface area contributed by atoms with Gasteiger partial charge >= 0.3 is 0 Å². The largest absolute Gasteiger partial charge is 0.368 e. The first-order valence-corrected chi connectivity index (χ1v) is 11.9. The molecule has 0 aliphatic carbocycles. The number of aryl methyl sites for hydroxylation is 1. The Morgan fingerprint density at radius 3 is 2.34 bits per heavy atom. The average Bonchev–Trinajstić information content (AvgIpc) is 3.09. The molecule has 3 heterocycles. The number of piperazine rings is 1. The van der Waals surface area contributed by atoms with E-state index in [0.717, 1.165) is 60.0 Å². The zero-order valence-corrected chi connectivity index (χ0v) is 18.8. The maximum atomic E-state index is 12.5. The van der Waals surface area contributed by atoms with E-state index in [1.165, 1.54) is 5.69 Å². The molecule has 156 valence electrons. The summed E-state index contributed by atoms with van der Waals surface area (Å²) in [5, 5.41) is 4.25. The topological polar surface area (TPSA) is 61.4 Å².